The van der Waals surface area contributed by atoms with Gasteiger partial charge in [-0.1, -0.05) is 0 Å². The number of morpholine rings is 1. The lowest BCUT2D eigenvalue weighted by atomic mass is 10.1. The minimum Gasteiger partial charge on any atom is -0.502 e. The predicted octanol–water partition coefficient (Wildman–Crippen LogP) is -0.702. The van der Waals surface area contributed by atoms with Crippen LogP contribution < -0.4 is 10.9 Å². The van der Waals surface area contributed by atoms with E-state index in [2.05, 4.69) is 5.43 Å². The number of carbonyl (C=O) groups excluding carboxylic acids is 1. The van der Waals surface area contributed by atoms with Crippen LogP contribution in [0.2, 0.25) is 0 Å². The third-order valence-corrected chi connectivity index (χ3v) is 3.24. The molecule has 2 aliphatic heterocycles. The fraction of sp³-hybridized carbons (Fsp3) is 0.455. The first kappa shape index (κ1) is 11.1. The Morgan fingerprint density at radius 3 is 3.00 bits per heavy atom. The average Bonchev–Trinajstić information content (AvgIpc) is 2.34. The van der Waals surface area contributed by atoms with Gasteiger partial charge in [-0.05, 0) is 6.92 Å². The van der Waals surface area contributed by atoms with Crippen LogP contribution in [-0.2, 0) is 4.74 Å². The lowest BCUT2D eigenvalue weighted by molar-refractivity contribution is -0.0310. The van der Waals surface area contributed by atoms with Crippen molar-refractivity contribution in [1.29, 1.82) is 0 Å². The topological polar surface area (TPSA) is 83.8 Å². The van der Waals surface area contributed by atoms with E-state index in [4.69, 9.17) is 4.74 Å². The number of pyridine rings is 1. The van der Waals surface area contributed by atoms with Crippen molar-refractivity contribution in [2.24, 2.45) is 0 Å². The molecule has 0 radical (unpaired) electrons. The molecule has 7 heteroatoms. The van der Waals surface area contributed by atoms with Gasteiger partial charge in [0.25, 0.3) is 5.91 Å². The van der Waals surface area contributed by atoms with Gasteiger partial charge in [-0.15, -0.1) is 0 Å². The second-order valence-electron chi connectivity index (χ2n) is 4.49. The Bertz CT molecular complexity index is 568. The Hall–Kier alpha value is -2.02. The molecule has 2 atom stereocenters. The van der Waals surface area contributed by atoms with Crippen LogP contribution in [0.1, 0.15) is 17.4 Å². The molecule has 1 aromatic heterocycles. The van der Waals surface area contributed by atoms with E-state index in [0.29, 0.717) is 13.2 Å². The highest BCUT2D eigenvalue weighted by atomic mass is 16.5. The number of rotatable bonds is 0. The number of ether oxygens (including phenoxy) is 1. The molecule has 18 heavy (non-hydrogen) atoms. The van der Waals surface area contributed by atoms with Gasteiger partial charge in [-0.3, -0.25) is 14.3 Å². The monoisotopic (exact) mass is 251 g/mol. The molecule has 1 saturated heterocycles. The number of nitrogens with zero attached hydrogens (tertiary/aromatic N) is 2. The van der Waals surface area contributed by atoms with Crippen molar-refractivity contribution in [2.75, 3.05) is 18.6 Å². The van der Waals surface area contributed by atoms with Crippen LogP contribution in [0, 0.1) is 0 Å². The molecule has 1 amide bonds. The highest BCUT2D eigenvalue weighted by molar-refractivity contribution is 5.96. The first-order valence-corrected chi connectivity index (χ1v) is 5.71. The number of aromatic nitrogens is 1. The standard InChI is InChI=1S/C11H13N3O4/c1-6-4-18-5-8-12-13-3-2-7(15)10(16)9(13)11(17)14(6)8/h2-3,6,8,12,16H,4-5H2,1H3/t6-,8-/m0/s1. The van der Waals surface area contributed by atoms with Gasteiger partial charge < -0.3 is 20.2 Å². The summed E-state index contributed by atoms with van der Waals surface area (Å²) >= 11 is 0. The van der Waals surface area contributed by atoms with E-state index in [9.17, 15) is 14.7 Å². The lowest BCUT2D eigenvalue weighted by Gasteiger charge is -2.44. The van der Waals surface area contributed by atoms with Crippen LogP contribution in [0.5, 0.6) is 5.75 Å². The number of nitrogens with one attached hydrogen (secondary N) is 1. The minimum absolute atomic E-state index is 0.0208. The number of carbonyl (C=O) groups is 1. The average molecular weight is 251 g/mol. The molecule has 0 unspecified atom stereocenters. The zero-order chi connectivity index (χ0) is 12.9. The van der Waals surface area contributed by atoms with Gasteiger partial charge in [0.05, 0.1) is 19.3 Å². The molecule has 0 saturated carbocycles. The predicted molar refractivity (Wildman–Crippen MR) is 62.0 cm³/mol. The summed E-state index contributed by atoms with van der Waals surface area (Å²) in [6.45, 7) is 2.68. The first-order valence-electron chi connectivity index (χ1n) is 5.71. The molecule has 0 spiro atoms. The highest BCUT2D eigenvalue weighted by Crippen LogP contribution is 2.24. The summed E-state index contributed by atoms with van der Waals surface area (Å²) in [5.74, 6) is -0.878. The van der Waals surface area contributed by atoms with Crippen LogP contribution in [0.15, 0.2) is 17.1 Å². The van der Waals surface area contributed by atoms with Crippen molar-refractivity contribution in [1.82, 2.24) is 9.58 Å². The molecule has 0 bridgehead atoms. The summed E-state index contributed by atoms with van der Waals surface area (Å²) in [5.41, 5.74) is 2.45. The number of hydrogen-bond donors (Lipinski definition) is 2. The smallest absolute Gasteiger partial charge is 0.278 e. The molecule has 0 aliphatic carbocycles. The quantitative estimate of drug-likeness (QED) is 0.637. The van der Waals surface area contributed by atoms with Gasteiger partial charge in [0.15, 0.2) is 11.4 Å². The molecule has 2 N–H and O–H groups in total. The fourth-order valence-corrected chi connectivity index (χ4v) is 2.38. The largest absolute Gasteiger partial charge is 0.502 e. The highest BCUT2D eigenvalue weighted by Gasteiger charge is 2.39. The van der Waals surface area contributed by atoms with Crippen LogP contribution in [0.4, 0.5) is 0 Å². The molecule has 0 aromatic carbocycles. The van der Waals surface area contributed by atoms with Gasteiger partial charge in [0, 0.05) is 12.3 Å². The van der Waals surface area contributed by atoms with Gasteiger partial charge in [0.2, 0.25) is 5.43 Å². The Kier molecular flexibility index (Phi) is 2.30. The summed E-state index contributed by atoms with van der Waals surface area (Å²) in [6, 6.07) is 1.11. The van der Waals surface area contributed by atoms with Crippen LogP contribution >= 0.6 is 0 Å². The van der Waals surface area contributed by atoms with Crippen LogP contribution in [0.3, 0.4) is 0 Å². The number of amides is 1. The SMILES string of the molecule is C[C@H]1COC[C@H]2Nn3ccc(=O)c(O)c3C(=O)N12. The fourth-order valence-electron chi connectivity index (χ4n) is 2.38. The molecule has 1 fully saturated rings. The Morgan fingerprint density at radius 1 is 1.44 bits per heavy atom. The molecule has 3 heterocycles. The molecular weight excluding hydrogens is 238 g/mol. The lowest BCUT2D eigenvalue weighted by Crippen LogP contribution is -2.62. The van der Waals surface area contributed by atoms with Crippen molar-refractivity contribution in [3.63, 3.8) is 0 Å². The molecule has 96 valence electrons. The van der Waals surface area contributed by atoms with E-state index < -0.39 is 11.2 Å². The van der Waals surface area contributed by atoms with Gasteiger partial charge >= 0.3 is 0 Å². The Morgan fingerprint density at radius 2 is 2.22 bits per heavy atom. The van der Waals surface area contributed by atoms with Crippen molar-refractivity contribution < 1.29 is 14.6 Å². The maximum atomic E-state index is 12.3. The van der Waals surface area contributed by atoms with E-state index >= 15 is 0 Å². The summed E-state index contributed by atoms with van der Waals surface area (Å²) in [6.07, 6.45) is 1.15. The summed E-state index contributed by atoms with van der Waals surface area (Å²) in [4.78, 5) is 25.3. The summed E-state index contributed by atoms with van der Waals surface area (Å²) < 4.78 is 6.75. The second kappa shape index (κ2) is 3.74. The normalized spacial score (nSPS) is 26.3. The zero-order valence-electron chi connectivity index (χ0n) is 9.79. The van der Waals surface area contributed by atoms with Crippen LogP contribution in [0.25, 0.3) is 0 Å². The maximum absolute atomic E-state index is 12.3. The molecular formula is C11H13N3O4. The van der Waals surface area contributed by atoms with Gasteiger partial charge in [0.1, 0.15) is 6.17 Å². The maximum Gasteiger partial charge on any atom is 0.278 e. The van der Waals surface area contributed by atoms with Crippen molar-refractivity contribution in [3.8, 4) is 5.75 Å². The third kappa shape index (κ3) is 1.40. The Balaban J connectivity index is 2.13. The second-order valence-corrected chi connectivity index (χ2v) is 4.49. The van der Waals surface area contributed by atoms with E-state index in [0.717, 1.165) is 0 Å². The van der Waals surface area contributed by atoms with E-state index in [1.165, 1.54) is 16.9 Å². The molecule has 7 nitrogen and oxygen atoms in total. The minimum atomic E-state index is -0.559. The molecule has 3 rings (SSSR count). The van der Waals surface area contributed by atoms with Crippen molar-refractivity contribution in [2.45, 2.75) is 19.1 Å². The first-order chi connectivity index (χ1) is 8.59. The Labute approximate surface area is 103 Å². The number of aromatic hydroxyl groups is 1. The van der Waals surface area contributed by atoms with Crippen molar-refractivity contribution >= 4 is 5.91 Å². The third-order valence-electron chi connectivity index (χ3n) is 3.24. The summed E-state index contributed by atoms with van der Waals surface area (Å²) in [7, 11) is 0. The van der Waals surface area contributed by atoms with E-state index in [1.54, 1.807) is 4.90 Å². The van der Waals surface area contributed by atoms with E-state index in [-0.39, 0.29) is 23.8 Å². The number of fused-ring (bicyclic) bond motifs is 2. The summed E-state index contributed by atoms with van der Waals surface area (Å²) in [5, 5.41) is 9.74. The number of hydrogen-bond acceptors (Lipinski definition) is 5. The van der Waals surface area contributed by atoms with Crippen LogP contribution in [-0.4, -0.2) is 46.0 Å². The van der Waals surface area contributed by atoms with Crippen molar-refractivity contribution in [3.05, 3.63) is 28.2 Å². The van der Waals surface area contributed by atoms with Gasteiger partial charge in [-0.25, -0.2) is 0 Å². The molecule has 2 aliphatic rings. The molecule has 1 aromatic rings. The zero-order valence-corrected chi connectivity index (χ0v) is 9.79. The van der Waals surface area contributed by atoms with Gasteiger partial charge in [-0.2, -0.15) is 0 Å². The van der Waals surface area contributed by atoms with E-state index in [1.807, 2.05) is 6.92 Å².